The van der Waals surface area contributed by atoms with Gasteiger partial charge in [-0.25, -0.2) is 4.79 Å². The Labute approximate surface area is 108 Å². The highest BCUT2D eigenvalue weighted by molar-refractivity contribution is 6.04. The molecule has 6 nitrogen and oxygen atoms in total. The van der Waals surface area contributed by atoms with Crippen LogP contribution in [0, 0.1) is 0 Å². The van der Waals surface area contributed by atoms with Crippen LogP contribution in [0.4, 0.5) is 4.79 Å². The Morgan fingerprint density at radius 1 is 1.44 bits per heavy atom. The lowest BCUT2D eigenvalue weighted by molar-refractivity contribution is -0.131. The first-order valence-corrected chi connectivity index (χ1v) is 6.36. The zero-order chi connectivity index (χ0) is 13.9. The van der Waals surface area contributed by atoms with Gasteiger partial charge >= 0.3 is 6.03 Å². The Balaban J connectivity index is 2.78. The molecule has 1 aliphatic rings. The van der Waals surface area contributed by atoms with Gasteiger partial charge in [0.15, 0.2) is 0 Å². The maximum Gasteiger partial charge on any atom is 0.346 e. The number of carbonyl (C=O) groups is 2. The highest BCUT2D eigenvalue weighted by Crippen LogP contribution is 2.18. The minimum Gasteiger partial charge on any atom is -0.385 e. The number of hydrogen-bond acceptors (Lipinski definition) is 3. The Kier molecular flexibility index (Phi) is 4.69. The van der Waals surface area contributed by atoms with Crippen molar-refractivity contribution in [2.24, 2.45) is 10.7 Å². The standard InChI is InChI=1S/C12H22N4O2/c1-5-15(6-2)10(17)7-9-11(13)14-12(18)16(9)8(3)4/h8-9H,5-7H2,1-4H3,(H2,13,14,18). The summed E-state index contributed by atoms with van der Waals surface area (Å²) in [5.74, 6) is 0.248. The molecule has 1 unspecified atom stereocenters. The molecule has 0 aromatic carbocycles. The van der Waals surface area contributed by atoms with Gasteiger partial charge in [-0.2, -0.15) is 4.99 Å². The lowest BCUT2D eigenvalue weighted by Crippen LogP contribution is -2.47. The SMILES string of the molecule is CCN(CC)C(=O)CC1C(N)=NC(=O)N1C(C)C. The fraction of sp³-hybridized carbons (Fsp3) is 0.750. The zero-order valence-electron chi connectivity index (χ0n) is 11.5. The van der Waals surface area contributed by atoms with Crippen molar-refractivity contribution in [3.8, 4) is 0 Å². The molecule has 0 aromatic heterocycles. The van der Waals surface area contributed by atoms with Gasteiger partial charge in [0, 0.05) is 19.1 Å². The highest BCUT2D eigenvalue weighted by Gasteiger charge is 2.36. The maximum absolute atomic E-state index is 12.1. The molecule has 0 aliphatic carbocycles. The summed E-state index contributed by atoms with van der Waals surface area (Å²) >= 11 is 0. The molecule has 1 heterocycles. The van der Waals surface area contributed by atoms with Gasteiger partial charge in [0.25, 0.3) is 0 Å². The van der Waals surface area contributed by atoms with Crippen LogP contribution < -0.4 is 5.73 Å². The molecule has 3 amide bonds. The lowest BCUT2D eigenvalue weighted by atomic mass is 10.1. The fourth-order valence-electron chi connectivity index (χ4n) is 2.17. The Morgan fingerprint density at radius 3 is 2.44 bits per heavy atom. The van der Waals surface area contributed by atoms with Gasteiger partial charge < -0.3 is 15.5 Å². The largest absolute Gasteiger partial charge is 0.385 e. The van der Waals surface area contributed by atoms with Crippen LogP contribution in [0.5, 0.6) is 0 Å². The van der Waals surface area contributed by atoms with E-state index in [2.05, 4.69) is 4.99 Å². The maximum atomic E-state index is 12.1. The van der Waals surface area contributed by atoms with Crippen LogP contribution in [-0.2, 0) is 4.79 Å². The molecular weight excluding hydrogens is 232 g/mol. The van der Waals surface area contributed by atoms with E-state index in [9.17, 15) is 9.59 Å². The Bertz CT molecular complexity index is 361. The zero-order valence-corrected chi connectivity index (χ0v) is 11.5. The molecule has 102 valence electrons. The molecular formula is C12H22N4O2. The predicted molar refractivity (Wildman–Crippen MR) is 70.3 cm³/mol. The molecule has 1 aliphatic heterocycles. The van der Waals surface area contributed by atoms with Gasteiger partial charge in [-0.1, -0.05) is 0 Å². The number of amidine groups is 1. The monoisotopic (exact) mass is 254 g/mol. The second-order valence-corrected chi connectivity index (χ2v) is 4.61. The van der Waals surface area contributed by atoms with Crippen LogP contribution in [0.25, 0.3) is 0 Å². The van der Waals surface area contributed by atoms with E-state index in [0.717, 1.165) is 0 Å². The summed E-state index contributed by atoms with van der Waals surface area (Å²) in [5.41, 5.74) is 5.75. The smallest absolute Gasteiger partial charge is 0.346 e. The van der Waals surface area contributed by atoms with Crippen molar-refractivity contribution in [3.05, 3.63) is 0 Å². The van der Waals surface area contributed by atoms with Crippen molar-refractivity contribution in [1.82, 2.24) is 9.80 Å². The summed E-state index contributed by atoms with van der Waals surface area (Å²) in [6.45, 7) is 8.96. The Morgan fingerprint density at radius 2 is 2.00 bits per heavy atom. The molecule has 0 saturated heterocycles. The third-order valence-corrected chi connectivity index (χ3v) is 3.16. The number of aliphatic imine (C=N–C) groups is 1. The average molecular weight is 254 g/mol. The molecule has 18 heavy (non-hydrogen) atoms. The normalized spacial score (nSPS) is 19.4. The van der Waals surface area contributed by atoms with Gasteiger partial charge in [-0.15, -0.1) is 0 Å². The van der Waals surface area contributed by atoms with Gasteiger partial charge in [0.1, 0.15) is 11.9 Å². The average Bonchev–Trinajstić information content (AvgIpc) is 2.55. The van der Waals surface area contributed by atoms with Crippen LogP contribution in [0.3, 0.4) is 0 Å². The predicted octanol–water partition coefficient (Wildman–Crippen LogP) is 0.815. The Hall–Kier alpha value is -1.59. The first kappa shape index (κ1) is 14.5. The van der Waals surface area contributed by atoms with Crippen LogP contribution in [0.2, 0.25) is 0 Å². The molecule has 0 fully saturated rings. The summed E-state index contributed by atoms with van der Waals surface area (Å²) in [4.78, 5) is 30.8. The van der Waals surface area contributed by atoms with Crippen molar-refractivity contribution in [1.29, 1.82) is 0 Å². The minimum atomic E-state index is -0.398. The summed E-state index contributed by atoms with van der Waals surface area (Å²) < 4.78 is 0. The molecule has 6 heteroatoms. The van der Waals surface area contributed by atoms with Crippen LogP contribution >= 0.6 is 0 Å². The van der Waals surface area contributed by atoms with Crippen LogP contribution in [-0.4, -0.2) is 52.7 Å². The fourth-order valence-corrected chi connectivity index (χ4v) is 2.17. The summed E-state index contributed by atoms with van der Waals surface area (Å²) in [5, 5.41) is 0. The molecule has 0 saturated carbocycles. The van der Waals surface area contributed by atoms with E-state index >= 15 is 0 Å². The van der Waals surface area contributed by atoms with E-state index < -0.39 is 6.04 Å². The van der Waals surface area contributed by atoms with Crippen molar-refractivity contribution < 1.29 is 9.59 Å². The lowest BCUT2D eigenvalue weighted by Gasteiger charge is -2.29. The van der Waals surface area contributed by atoms with Crippen molar-refractivity contribution in [3.63, 3.8) is 0 Å². The molecule has 0 spiro atoms. The highest BCUT2D eigenvalue weighted by atomic mass is 16.2. The van der Waals surface area contributed by atoms with Crippen LogP contribution in [0.15, 0.2) is 4.99 Å². The molecule has 0 radical (unpaired) electrons. The number of nitrogens with zero attached hydrogens (tertiary/aromatic N) is 3. The topological polar surface area (TPSA) is 79.0 Å². The second kappa shape index (κ2) is 5.84. The summed E-state index contributed by atoms with van der Waals surface area (Å²) in [6, 6.07) is -0.762. The van der Waals surface area contributed by atoms with Gasteiger partial charge in [0.05, 0.1) is 6.42 Å². The van der Waals surface area contributed by atoms with Crippen molar-refractivity contribution in [2.75, 3.05) is 13.1 Å². The van der Waals surface area contributed by atoms with Gasteiger partial charge in [-0.05, 0) is 27.7 Å². The molecule has 0 aromatic rings. The van der Waals surface area contributed by atoms with Crippen molar-refractivity contribution >= 4 is 17.8 Å². The third kappa shape index (κ3) is 2.80. The molecule has 2 N–H and O–H groups in total. The second-order valence-electron chi connectivity index (χ2n) is 4.61. The van der Waals surface area contributed by atoms with E-state index in [1.54, 1.807) is 9.80 Å². The number of amides is 3. The van der Waals surface area contributed by atoms with E-state index in [-0.39, 0.29) is 30.2 Å². The molecule has 1 atom stereocenters. The van der Waals surface area contributed by atoms with Gasteiger partial charge in [0.2, 0.25) is 5.91 Å². The quantitative estimate of drug-likeness (QED) is 0.788. The van der Waals surface area contributed by atoms with E-state index in [4.69, 9.17) is 5.73 Å². The first-order chi connectivity index (χ1) is 8.42. The first-order valence-electron chi connectivity index (χ1n) is 6.36. The van der Waals surface area contributed by atoms with E-state index in [0.29, 0.717) is 13.1 Å². The number of hydrogen-bond donors (Lipinski definition) is 1. The van der Waals surface area contributed by atoms with E-state index in [1.807, 2.05) is 27.7 Å². The minimum absolute atomic E-state index is 0.00324. The summed E-state index contributed by atoms with van der Waals surface area (Å²) in [6.07, 6.45) is 0.209. The van der Waals surface area contributed by atoms with Gasteiger partial charge in [-0.3, -0.25) is 4.79 Å². The van der Waals surface area contributed by atoms with Crippen LogP contribution in [0.1, 0.15) is 34.1 Å². The molecule has 1 rings (SSSR count). The molecule has 0 bridgehead atoms. The number of urea groups is 1. The summed E-state index contributed by atoms with van der Waals surface area (Å²) in [7, 11) is 0. The van der Waals surface area contributed by atoms with E-state index in [1.165, 1.54) is 0 Å². The number of carbonyl (C=O) groups excluding carboxylic acids is 2. The number of nitrogens with two attached hydrogens (primary N) is 1. The number of rotatable bonds is 5. The van der Waals surface area contributed by atoms with Crippen molar-refractivity contribution in [2.45, 2.75) is 46.2 Å². The third-order valence-electron chi connectivity index (χ3n) is 3.16.